The summed E-state index contributed by atoms with van der Waals surface area (Å²) >= 11 is 0. The number of ether oxygens (including phenoxy) is 2. The Morgan fingerprint density at radius 2 is 1.88 bits per heavy atom. The maximum absolute atomic E-state index is 14.1. The minimum atomic E-state index is -2.84. The van der Waals surface area contributed by atoms with Crippen LogP contribution in [0.5, 0.6) is 5.75 Å². The zero-order chi connectivity index (χ0) is 18.0. The van der Waals surface area contributed by atoms with Crippen LogP contribution < -0.4 is 9.64 Å². The molecule has 1 atom stereocenters. The Labute approximate surface area is 146 Å². The summed E-state index contributed by atoms with van der Waals surface area (Å²) in [5.41, 5.74) is 2.47. The van der Waals surface area contributed by atoms with E-state index in [0.29, 0.717) is 5.69 Å². The molecule has 132 valence electrons. The highest BCUT2D eigenvalue weighted by Crippen LogP contribution is 2.40. The minimum absolute atomic E-state index is 0.0145. The van der Waals surface area contributed by atoms with E-state index in [9.17, 15) is 8.78 Å². The smallest absolute Gasteiger partial charge is 0.273 e. The van der Waals surface area contributed by atoms with Crippen molar-refractivity contribution in [3.8, 4) is 5.75 Å². The van der Waals surface area contributed by atoms with Crippen molar-refractivity contribution in [2.45, 2.75) is 32.4 Å². The molecule has 0 saturated heterocycles. The molecule has 0 spiro atoms. The molecule has 1 aliphatic heterocycles. The number of nitrogens with zero attached hydrogens (tertiary/aromatic N) is 1. The summed E-state index contributed by atoms with van der Waals surface area (Å²) in [6, 6.07) is 14.0. The van der Waals surface area contributed by atoms with Crippen molar-refractivity contribution in [2.75, 3.05) is 12.0 Å². The number of hydrogen-bond acceptors (Lipinski definition) is 3. The largest absolute Gasteiger partial charge is 0.497 e. The van der Waals surface area contributed by atoms with Crippen LogP contribution in [0.4, 0.5) is 14.5 Å². The molecule has 1 aliphatic rings. The van der Waals surface area contributed by atoms with E-state index in [4.69, 9.17) is 9.47 Å². The molecule has 0 aromatic heterocycles. The number of benzene rings is 2. The molecule has 0 N–H and O–H groups in total. The van der Waals surface area contributed by atoms with E-state index in [2.05, 4.69) is 0 Å². The quantitative estimate of drug-likeness (QED) is 0.705. The maximum atomic E-state index is 14.1. The second-order valence-electron chi connectivity index (χ2n) is 6.00. The van der Waals surface area contributed by atoms with Gasteiger partial charge in [0.2, 0.25) is 6.23 Å². The number of hydrogen-bond donors (Lipinski definition) is 0. The first-order chi connectivity index (χ1) is 12.0. The number of methoxy groups -OCH3 is 1. The highest BCUT2D eigenvalue weighted by molar-refractivity contribution is 5.57. The molecule has 0 fully saturated rings. The summed E-state index contributed by atoms with van der Waals surface area (Å²) in [6.07, 6.45) is 1.03. The van der Waals surface area contributed by atoms with E-state index in [1.54, 1.807) is 19.4 Å². The van der Waals surface area contributed by atoms with E-state index >= 15 is 0 Å². The Balaban J connectivity index is 1.95. The fourth-order valence-corrected chi connectivity index (χ4v) is 2.89. The molecular weight excluding hydrogens is 324 g/mol. The summed E-state index contributed by atoms with van der Waals surface area (Å²) in [4.78, 5) is 1.91. The zero-order valence-corrected chi connectivity index (χ0v) is 14.5. The zero-order valence-electron chi connectivity index (χ0n) is 14.5. The Bertz CT molecular complexity index is 772. The predicted molar refractivity (Wildman–Crippen MR) is 93.7 cm³/mol. The lowest BCUT2D eigenvalue weighted by atomic mass is 10.0. The maximum Gasteiger partial charge on any atom is 0.273 e. The molecule has 0 saturated carbocycles. The molecule has 0 amide bonds. The third-order valence-electron chi connectivity index (χ3n) is 4.37. The number of allylic oxidation sites excluding steroid dienone is 1. The molecule has 3 nitrogen and oxygen atoms in total. The third kappa shape index (κ3) is 3.31. The van der Waals surface area contributed by atoms with E-state index in [-0.39, 0.29) is 12.0 Å². The first-order valence-electron chi connectivity index (χ1n) is 8.20. The lowest BCUT2D eigenvalue weighted by Gasteiger charge is -2.28. The van der Waals surface area contributed by atoms with Crippen molar-refractivity contribution in [1.82, 2.24) is 0 Å². The molecule has 5 heteroatoms. The van der Waals surface area contributed by atoms with Crippen LogP contribution in [0.3, 0.4) is 0 Å². The van der Waals surface area contributed by atoms with Gasteiger partial charge in [0.15, 0.2) is 0 Å². The Morgan fingerprint density at radius 1 is 1.16 bits per heavy atom. The van der Waals surface area contributed by atoms with E-state index in [1.807, 2.05) is 42.2 Å². The Kier molecular flexibility index (Phi) is 4.66. The summed E-state index contributed by atoms with van der Waals surface area (Å²) in [5, 5.41) is 0. The van der Waals surface area contributed by atoms with Gasteiger partial charge < -0.3 is 14.4 Å². The third-order valence-corrected chi connectivity index (χ3v) is 4.37. The average Bonchev–Trinajstić information content (AvgIpc) is 3.03. The summed E-state index contributed by atoms with van der Waals surface area (Å²) in [6.45, 7) is 3.38. The van der Waals surface area contributed by atoms with Crippen LogP contribution in [-0.4, -0.2) is 7.11 Å². The van der Waals surface area contributed by atoms with Gasteiger partial charge in [-0.1, -0.05) is 19.1 Å². The first-order valence-corrected chi connectivity index (χ1v) is 8.20. The lowest BCUT2D eigenvalue weighted by molar-refractivity contribution is -0.00827. The Hall–Kier alpha value is -2.56. The number of rotatable bonds is 5. The molecular formula is C20H21F2NO2. The Morgan fingerprint density at radius 3 is 2.52 bits per heavy atom. The lowest BCUT2D eigenvalue weighted by Crippen LogP contribution is -2.23. The van der Waals surface area contributed by atoms with Gasteiger partial charge in [-0.15, -0.1) is 0 Å². The van der Waals surface area contributed by atoms with Crippen LogP contribution >= 0.6 is 0 Å². The second-order valence-corrected chi connectivity index (χ2v) is 6.00. The van der Waals surface area contributed by atoms with Gasteiger partial charge in [0, 0.05) is 23.2 Å². The monoisotopic (exact) mass is 345 g/mol. The predicted octanol–water partition coefficient (Wildman–Crippen LogP) is 5.59. The standard InChI is InChI=1S/C20H21F2NO2/c1-4-20(21,22)16-6-5-7-17(12-16)23-14(2)13-25-19(23)15-8-10-18(24-3)11-9-15/h5-13,19H,4H2,1-3H3. The van der Waals surface area contributed by atoms with Gasteiger partial charge in [-0.2, -0.15) is 0 Å². The van der Waals surface area contributed by atoms with E-state index < -0.39 is 12.2 Å². The second kappa shape index (κ2) is 6.75. The highest BCUT2D eigenvalue weighted by Gasteiger charge is 2.32. The fraction of sp³-hybridized carbons (Fsp3) is 0.300. The van der Waals surface area contributed by atoms with Gasteiger partial charge >= 0.3 is 0 Å². The van der Waals surface area contributed by atoms with Crippen molar-refractivity contribution in [1.29, 1.82) is 0 Å². The molecule has 3 rings (SSSR count). The highest BCUT2D eigenvalue weighted by atomic mass is 19.3. The molecule has 1 unspecified atom stereocenters. The molecule has 2 aromatic carbocycles. The molecule has 0 radical (unpaired) electrons. The van der Waals surface area contributed by atoms with Crippen molar-refractivity contribution >= 4 is 5.69 Å². The average molecular weight is 345 g/mol. The van der Waals surface area contributed by atoms with Crippen LogP contribution in [0.25, 0.3) is 0 Å². The molecule has 0 aliphatic carbocycles. The minimum Gasteiger partial charge on any atom is -0.497 e. The van der Waals surface area contributed by atoms with Crippen LogP contribution in [0.1, 0.15) is 37.6 Å². The number of halogens is 2. The molecule has 2 aromatic rings. The van der Waals surface area contributed by atoms with Crippen molar-refractivity contribution in [2.24, 2.45) is 0 Å². The van der Waals surface area contributed by atoms with Crippen molar-refractivity contribution in [3.05, 3.63) is 71.6 Å². The van der Waals surface area contributed by atoms with Crippen LogP contribution in [-0.2, 0) is 10.7 Å². The first kappa shape index (κ1) is 17.3. The topological polar surface area (TPSA) is 21.7 Å². The van der Waals surface area contributed by atoms with Gasteiger partial charge in [-0.3, -0.25) is 0 Å². The van der Waals surface area contributed by atoms with Crippen LogP contribution in [0.2, 0.25) is 0 Å². The SMILES string of the molecule is CCC(F)(F)c1cccc(N2C(C)=COC2c2ccc(OC)cc2)c1. The summed E-state index contributed by atoms with van der Waals surface area (Å²) < 4.78 is 39.1. The van der Waals surface area contributed by atoms with Gasteiger partial charge in [0.1, 0.15) is 12.0 Å². The molecule has 1 heterocycles. The summed E-state index contributed by atoms with van der Waals surface area (Å²) in [5.74, 6) is -2.09. The number of alkyl halides is 2. The van der Waals surface area contributed by atoms with Gasteiger partial charge in [0.05, 0.1) is 12.8 Å². The van der Waals surface area contributed by atoms with Crippen molar-refractivity contribution in [3.63, 3.8) is 0 Å². The molecule has 0 bridgehead atoms. The fourth-order valence-electron chi connectivity index (χ4n) is 2.89. The summed E-state index contributed by atoms with van der Waals surface area (Å²) in [7, 11) is 1.61. The van der Waals surface area contributed by atoms with E-state index in [1.165, 1.54) is 19.1 Å². The van der Waals surface area contributed by atoms with Gasteiger partial charge in [-0.25, -0.2) is 8.78 Å². The van der Waals surface area contributed by atoms with E-state index in [0.717, 1.165) is 17.0 Å². The van der Waals surface area contributed by atoms with Gasteiger partial charge in [0.25, 0.3) is 5.92 Å². The van der Waals surface area contributed by atoms with Crippen LogP contribution in [0, 0.1) is 0 Å². The van der Waals surface area contributed by atoms with Crippen LogP contribution in [0.15, 0.2) is 60.5 Å². The number of anilines is 1. The molecule has 25 heavy (non-hydrogen) atoms. The normalized spacial score (nSPS) is 17.2. The van der Waals surface area contributed by atoms with Crippen molar-refractivity contribution < 1.29 is 18.3 Å². The van der Waals surface area contributed by atoms with Gasteiger partial charge in [-0.05, 0) is 43.3 Å².